The standard InChI is InChI=1S/C18H16FN3O/c1-23-14-7-4-12(5-8-14)17-20-15-9-6-13(19)10-16(15)21-18(22-17)11-2-3-11/h4-11H,2-3H2,1H3,(H,20,21,22). The monoisotopic (exact) mass is 309 g/mol. The number of anilines is 1. The lowest BCUT2D eigenvalue weighted by Crippen LogP contribution is -2.15. The van der Waals surface area contributed by atoms with Crippen LogP contribution in [-0.2, 0) is 0 Å². The first kappa shape index (κ1) is 13.9. The maximum Gasteiger partial charge on any atom is 0.161 e. The first-order chi connectivity index (χ1) is 11.2. The van der Waals surface area contributed by atoms with Gasteiger partial charge in [0.1, 0.15) is 17.4 Å². The predicted octanol–water partition coefficient (Wildman–Crippen LogP) is 4.15. The van der Waals surface area contributed by atoms with E-state index in [1.807, 2.05) is 24.3 Å². The molecule has 1 N–H and O–H groups in total. The maximum absolute atomic E-state index is 13.5. The molecule has 0 saturated heterocycles. The molecule has 5 heteroatoms. The third-order valence-electron chi connectivity index (χ3n) is 3.99. The summed E-state index contributed by atoms with van der Waals surface area (Å²) < 4.78 is 18.7. The van der Waals surface area contributed by atoms with Gasteiger partial charge in [-0.1, -0.05) is 0 Å². The fourth-order valence-corrected chi connectivity index (χ4v) is 2.54. The highest BCUT2D eigenvalue weighted by molar-refractivity contribution is 6.14. The molecular formula is C18H16FN3O. The van der Waals surface area contributed by atoms with Gasteiger partial charge in [0.05, 0.1) is 18.5 Å². The van der Waals surface area contributed by atoms with Gasteiger partial charge in [0, 0.05) is 11.5 Å². The first-order valence-corrected chi connectivity index (χ1v) is 7.61. The van der Waals surface area contributed by atoms with E-state index in [9.17, 15) is 4.39 Å². The number of nitrogens with one attached hydrogen (secondary N) is 1. The highest BCUT2D eigenvalue weighted by Crippen LogP contribution is 2.36. The van der Waals surface area contributed by atoms with Gasteiger partial charge >= 0.3 is 0 Å². The van der Waals surface area contributed by atoms with E-state index in [1.165, 1.54) is 12.1 Å². The van der Waals surface area contributed by atoms with Crippen molar-refractivity contribution in [2.24, 2.45) is 15.9 Å². The lowest BCUT2D eigenvalue weighted by molar-refractivity contribution is 0.415. The zero-order valence-corrected chi connectivity index (χ0v) is 12.7. The number of amidine groups is 2. The fourth-order valence-electron chi connectivity index (χ4n) is 2.54. The van der Waals surface area contributed by atoms with Crippen LogP contribution in [-0.4, -0.2) is 18.8 Å². The maximum atomic E-state index is 13.5. The van der Waals surface area contributed by atoms with E-state index in [1.54, 1.807) is 13.2 Å². The molecule has 0 aromatic heterocycles. The number of hydrogen-bond donors (Lipinski definition) is 1. The lowest BCUT2D eigenvalue weighted by atomic mass is 10.2. The number of halogens is 1. The van der Waals surface area contributed by atoms with Crippen molar-refractivity contribution in [3.8, 4) is 5.75 Å². The second kappa shape index (κ2) is 5.50. The molecule has 0 radical (unpaired) electrons. The van der Waals surface area contributed by atoms with Crippen LogP contribution in [0.25, 0.3) is 0 Å². The van der Waals surface area contributed by atoms with Gasteiger partial charge in [0.25, 0.3) is 0 Å². The zero-order chi connectivity index (χ0) is 15.8. The molecule has 4 rings (SSSR count). The average Bonchev–Trinajstić information content (AvgIpc) is 3.40. The topological polar surface area (TPSA) is 46.0 Å². The van der Waals surface area contributed by atoms with E-state index < -0.39 is 0 Å². The van der Waals surface area contributed by atoms with Gasteiger partial charge in [-0.2, -0.15) is 0 Å². The quantitative estimate of drug-likeness (QED) is 0.926. The summed E-state index contributed by atoms with van der Waals surface area (Å²) >= 11 is 0. The Hall–Kier alpha value is -2.69. The van der Waals surface area contributed by atoms with Crippen molar-refractivity contribution >= 4 is 23.0 Å². The van der Waals surface area contributed by atoms with Crippen LogP contribution in [0.1, 0.15) is 18.4 Å². The van der Waals surface area contributed by atoms with E-state index in [0.717, 1.165) is 30.0 Å². The van der Waals surface area contributed by atoms with Gasteiger partial charge in [0.2, 0.25) is 0 Å². The first-order valence-electron chi connectivity index (χ1n) is 7.61. The van der Waals surface area contributed by atoms with Crippen LogP contribution in [0.4, 0.5) is 15.8 Å². The lowest BCUT2D eigenvalue weighted by Gasteiger charge is -2.08. The van der Waals surface area contributed by atoms with Crippen molar-refractivity contribution in [2.45, 2.75) is 12.8 Å². The molecule has 2 aromatic rings. The van der Waals surface area contributed by atoms with Crippen LogP contribution in [0.3, 0.4) is 0 Å². The molecule has 1 saturated carbocycles. The molecule has 0 atom stereocenters. The van der Waals surface area contributed by atoms with Gasteiger partial charge in [-0.15, -0.1) is 0 Å². The summed E-state index contributed by atoms with van der Waals surface area (Å²) in [5.41, 5.74) is 2.26. The molecular weight excluding hydrogens is 293 g/mol. The third-order valence-corrected chi connectivity index (χ3v) is 3.99. The second-order valence-electron chi connectivity index (χ2n) is 5.72. The Balaban J connectivity index is 1.80. The summed E-state index contributed by atoms with van der Waals surface area (Å²) in [5.74, 6) is 2.41. The molecule has 1 heterocycles. The fraction of sp³-hybridized carbons (Fsp3) is 0.222. The summed E-state index contributed by atoms with van der Waals surface area (Å²) in [4.78, 5) is 9.33. The van der Waals surface area contributed by atoms with Gasteiger partial charge in [-0.05, 0) is 55.3 Å². The molecule has 0 unspecified atom stereocenters. The third kappa shape index (κ3) is 2.82. The Kier molecular flexibility index (Phi) is 3.33. The van der Waals surface area contributed by atoms with Crippen molar-refractivity contribution in [1.82, 2.24) is 0 Å². The van der Waals surface area contributed by atoms with Gasteiger partial charge < -0.3 is 10.1 Å². The van der Waals surface area contributed by atoms with Gasteiger partial charge in [-0.25, -0.2) is 14.4 Å². The smallest absolute Gasteiger partial charge is 0.161 e. The number of fused-ring (bicyclic) bond motifs is 1. The van der Waals surface area contributed by atoms with E-state index in [0.29, 0.717) is 23.1 Å². The Morgan fingerprint density at radius 3 is 2.57 bits per heavy atom. The second-order valence-corrected chi connectivity index (χ2v) is 5.72. The molecule has 0 spiro atoms. The predicted molar refractivity (Wildman–Crippen MR) is 89.4 cm³/mol. The minimum Gasteiger partial charge on any atom is -0.497 e. The summed E-state index contributed by atoms with van der Waals surface area (Å²) in [6, 6.07) is 12.2. The number of ether oxygens (including phenoxy) is 1. The Morgan fingerprint density at radius 2 is 1.87 bits per heavy atom. The largest absolute Gasteiger partial charge is 0.497 e. The number of hydrogen-bond acceptors (Lipinski definition) is 4. The van der Waals surface area contributed by atoms with E-state index in [-0.39, 0.29) is 5.82 Å². The Morgan fingerprint density at radius 1 is 1.09 bits per heavy atom. The number of methoxy groups -OCH3 is 1. The van der Waals surface area contributed by atoms with E-state index in [4.69, 9.17) is 9.73 Å². The summed E-state index contributed by atoms with van der Waals surface area (Å²) in [5, 5.41) is 3.26. The van der Waals surface area contributed by atoms with Gasteiger partial charge in [0.15, 0.2) is 5.84 Å². The van der Waals surface area contributed by atoms with Gasteiger partial charge in [-0.3, -0.25) is 0 Å². The van der Waals surface area contributed by atoms with E-state index in [2.05, 4.69) is 10.3 Å². The van der Waals surface area contributed by atoms with Crippen LogP contribution in [0, 0.1) is 11.7 Å². The van der Waals surface area contributed by atoms with Crippen molar-refractivity contribution in [3.63, 3.8) is 0 Å². The zero-order valence-electron chi connectivity index (χ0n) is 12.7. The summed E-state index contributed by atoms with van der Waals surface area (Å²) in [6.45, 7) is 0. The molecule has 1 aliphatic carbocycles. The molecule has 2 aliphatic rings. The molecule has 2 aromatic carbocycles. The number of nitrogens with zero attached hydrogens (tertiary/aromatic N) is 2. The van der Waals surface area contributed by atoms with Crippen molar-refractivity contribution in [1.29, 1.82) is 0 Å². The van der Waals surface area contributed by atoms with E-state index >= 15 is 0 Å². The SMILES string of the molecule is COc1ccc(C2=Nc3ccc(F)cc3NC(C3CC3)=N2)cc1. The van der Waals surface area contributed by atoms with Crippen LogP contribution in [0.5, 0.6) is 5.75 Å². The van der Waals surface area contributed by atoms with Crippen LogP contribution >= 0.6 is 0 Å². The molecule has 1 aliphatic heterocycles. The number of aliphatic imine (C=N–C) groups is 2. The molecule has 1 fully saturated rings. The van der Waals surface area contributed by atoms with Crippen molar-refractivity contribution in [2.75, 3.05) is 12.4 Å². The Labute approximate surface area is 133 Å². The number of benzene rings is 2. The highest BCUT2D eigenvalue weighted by atomic mass is 19.1. The van der Waals surface area contributed by atoms with Crippen LogP contribution in [0.15, 0.2) is 52.4 Å². The molecule has 23 heavy (non-hydrogen) atoms. The minimum absolute atomic E-state index is 0.283. The highest BCUT2D eigenvalue weighted by Gasteiger charge is 2.30. The molecule has 4 nitrogen and oxygen atoms in total. The van der Waals surface area contributed by atoms with Crippen LogP contribution < -0.4 is 10.1 Å². The minimum atomic E-state index is -0.283. The number of rotatable bonds is 3. The molecule has 116 valence electrons. The Bertz CT molecular complexity index is 808. The summed E-state index contributed by atoms with van der Waals surface area (Å²) in [6.07, 6.45) is 2.21. The van der Waals surface area contributed by atoms with Crippen LogP contribution in [0.2, 0.25) is 0 Å². The molecule has 0 amide bonds. The summed E-state index contributed by atoms with van der Waals surface area (Å²) in [7, 11) is 1.64. The van der Waals surface area contributed by atoms with Crippen molar-refractivity contribution < 1.29 is 9.13 Å². The molecule has 0 bridgehead atoms. The van der Waals surface area contributed by atoms with Crippen molar-refractivity contribution in [3.05, 3.63) is 53.8 Å². The normalized spacial score (nSPS) is 16.6. The average molecular weight is 309 g/mol.